The van der Waals surface area contributed by atoms with E-state index >= 15 is 4.39 Å². The molecule has 0 bridgehead atoms. The van der Waals surface area contributed by atoms with E-state index in [-0.39, 0.29) is 17.8 Å². The van der Waals surface area contributed by atoms with E-state index in [1.165, 1.54) is 30.6 Å². The van der Waals surface area contributed by atoms with Gasteiger partial charge in [0.15, 0.2) is 17.1 Å². The molecule has 0 aliphatic heterocycles. The highest BCUT2D eigenvalue weighted by Crippen LogP contribution is 2.71. The molecule has 2 N–H and O–H groups in total. The van der Waals surface area contributed by atoms with Gasteiger partial charge >= 0.3 is 5.97 Å². The van der Waals surface area contributed by atoms with E-state index < -0.39 is 64.3 Å². The summed E-state index contributed by atoms with van der Waals surface area (Å²) in [5, 5.41) is 21.5. The largest absolute Gasteiger partial charge is 0.446 e. The molecule has 0 aromatic carbocycles. The van der Waals surface area contributed by atoms with Gasteiger partial charge in [-0.1, -0.05) is 25.5 Å². The second-order valence-electron chi connectivity index (χ2n) is 11.3. The number of ketones is 2. The molecule has 8 atom stereocenters. The predicted molar refractivity (Wildman–Crippen MR) is 127 cm³/mol. The van der Waals surface area contributed by atoms with Crippen LogP contribution in [0.15, 0.2) is 48.3 Å². The Kier molecular flexibility index (Phi) is 5.65. The van der Waals surface area contributed by atoms with Crippen molar-refractivity contribution in [3.63, 3.8) is 0 Å². The number of rotatable bonds is 4. The molecule has 3 saturated carbocycles. The zero-order chi connectivity index (χ0) is 26.1. The van der Waals surface area contributed by atoms with Crippen LogP contribution in [0.25, 0.3) is 0 Å². The van der Waals surface area contributed by atoms with Crippen molar-refractivity contribution in [3.8, 4) is 0 Å². The van der Waals surface area contributed by atoms with Gasteiger partial charge in [0, 0.05) is 35.1 Å². The first-order chi connectivity index (χ1) is 17.0. The van der Waals surface area contributed by atoms with Crippen molar-refractivity contribution < 1.29 is 33.7 Å². The van der Waals surface area contributed by atoms with E-state index in [9.17, 15) is 24.6 Å². The summed E-state index contributed by atoms with van der Waals surface area (Å²) in [4.78, 5) is 42.7. The number of nitrogens with zero attached hydrogens (tertiary/aromatic N) is 1. The third-order valence-corrected chi connectivity index (χ3v) is 9.89. The Hall–Kier alpha value is -2.71. The number of esters is 1. The number of aliphatic hydroxyl groups is 2. The van der Waals surface area contributed by atoms with Crippen molar-refractivity contribution >= 4 is 17.5 Å². The smallest absolute Gasteiger partial charge is 0.340 e. The summed E-state index contributed by atoms with van der Waals surface area (Å²) in [5.41, 5.74) is -5.25. The third kappa shape index (κ3) is 2.97. The Bertz CT molecular complexity index is 1180. The lowest BCUT2D eigenvalue weighted by atomic mass is 9.44. The molecule has 7 nitrogen and oxygen atoms in total. The van der Waals surface area contributed by atoms with Crippen LogP contribution in [-0.2, 0) is 14.3 Å². The monoisotopic (exact) mass is 497 g/mol. The normalized spacial score (nSPS) is 43.2. The first-order valence-electron chi connectivity index (χ1n) is 12.5. The van der Waals surface area contributed by atoms with Gasteiger partial charge in [-0.15, -0.1) is 0 Å². The number of ether oxygens (including phenoxy) is 1. The summed E-state index contributed by atoms with van der Waals surface area (Å²) in [6.45, 7) is 4.45. The Morgan fingerprint density at radius 3 is 2.69 bits per heavy atom. The third-order valence-electron chi connectivity index (χ3n) is 9.89. The number of allylic oxidation sites excluding steroid dienone is 4. The number of aliphatic hydroxyl groups excluding tert-OH is 2. The number of hydrogen-bond donors (Lipinski definition) is 2. The molecule has 192 valence electrons. The van der Waals surface area contributed by atoms with Crippen molar-refractivity contribution in [2.24, 2.45) is 28.6 Å². The minimum atomic E-state index is -2.07. The summed E-state index contributed by atoms with van der Waals surface area (Å²) in [5.74, 6) is -3.15. The first kappa shape index (κ1) is 25.0. The molecule has 8 heteroatoms. The molecule has 5 rings (SSSR count). The Morgan fingerprint density at radius 1 is 1.28 bits per heavy atom. The van der Waals surface area contributed by atoms with Crippen LogP contribution < -0.4 is 0 Å². The summed E-state index contributed by atoms with van der Waals surface area (Å²) < 4.78 is 23.4. The highest BCUT2D eigenvalue weighted by molar-refractivity contribution is 6.01. The van der Waals surface area contributed by atoms with Crippen LogP contribution in [0.3, 0.4) is 0 Å². The Labute approximate surface area is 209 Å². The van der Waals surface area contributed by atoms with E-state index in [0.29, 0.717) is 24.8 Å². The number of aromatic nitrogens is 1. The van der Waals surface area contributed by atoms with Gasteiger partial charge in [-0.25, -0.2) is 9.18 Å². The standard InChI is InChI=1S/C28H32FNO6/c1-16-11-21-20-7-6-18-12-19(32)8-9-25(18,2)27(20,29)22(33)13-26(21,3)28(16,23(34)15-31)36-24(35)17-5-4-10-30-14-17/h4-5,8-10,12,14,16,20-22,31,33H,6-7,11,13,15H2,1-3H3/t16-,20+,21+,22+,25+,26+,27+,28+/m1/s1. The fourth-order valence-corrected chi connectivity index (χ4v) is 8.20. The molecule has 4 aliphatic rings. The molecule has 4 aliphatic carbocycles. The van der Waals surface area contributed by atoms with Gasteiger partial charge in [0.1, 0.15) is 6.61 Å². The lowest BCUT2D eigenvalue weighted by molar-refractivity contribution is -0.219. The summed E-state index contributed by atoms with van der Waals surface area (Å²) in [7, 11) is 0. The van der Waals surface area contributed by atoms with Crippen LogP contribution in [0.5, 0.6) is 0 Å². The lowest BCUT2D eigenvalue weighted by Gasteiger charge is -2.62. The molecular formula is C28H32FNO6. The maximum atomic E-state index is 17.4. The molecule has 36 heavy (non-hydrogen) atoms. The van der Waals surface area contributed by atoms with Gasteiger partial charge in [0.05, 0.1) is 11.7 Å². The van der Waals surface area contributed by atoms with Gasteiger partial charge in [0.2, 0.25) is 5.78 Å². The fraction of sp³-hybridized carbons (Fsp3) is 0.571. The van der Waals surface area contributed by atoms with E-state index in [1.807, 2.05) is 0 Å². The van der Waals surface area contributed by atoms with E-state index in [2.05, 4.69) is 4.98 Å². The number of hydrogen-bond acceptors (Lipinski definition) is 7. The van der Waals surface area contributed by atoms with Gasteiger partial charge < -0.3 is 14.9 Å². The van der Waals surface area contributed by atoms with Gasteiger partial charge in [-0.2, -0.15) is 0 Å². The minimum Gasteiger partial charge on any atom is -0.446 e. The van der Waals surface area contributed by atoms with Crippen molar-refractivity contribution in [1.82, 2.24) is 4.98 Å². The van der Waals surface area contributed by atoms with Crippen LogP contribution in [0.2, 0.25) is 0 Å². The van der Waals surface area contributed by atoms with Crippen LogP contribution in [-0.4, -0.2) is 56.7 Å². The summed E-state index contributed by atoms with van der Waals surface area (Å²) >= 11 is 0. The number of pyridine rings is 1. The van der Waals surface area contributed by atoms with Crippen LogP contribution in [0, 0.1) is 28.6 Å². The number of Topliss-reactive ketones (excluding diaryl/α,β-unsaturated/α-hetero) is 1. The average molecular weight is 498 g/mol. The van der Waals surface area contributed by atoms with Crippen molar-refractivity contribution in [1.29, 1.82) is 0 Å². The summed E-state index contributed by atoms with van der Waals surface area (Å²) in [6, 6.07) is 3.11. The molecule has 0 saturated heterocycles. The molecular weight excluding hydrogens is 465 g/mol. The number of halogens is 1. The Balaban J connectivity index is 1.61. The van der Waals surface area contributed by atoms with Crippen molar-refractivity contribution in [2.75, 3.05) is 6.61 Å². The van der Waals surface area contributed by atoms with Gasteiger partial charge in [-0.3, -0.25) is 14.6 Å². The summed E-state index contributed by atoms with van der Waals surface area (Å²) in [6.07, 6.45) is 6.93. The highest BCUT2D eigenvalue weighted by atomic mass is 19.1. The maximum Gasteiger partial charge on any atom is 0.340 e. The van der Waals surface area contributed by atoms with E-state index in [1.54, 1.807) is 32.9 Å². The van der Waals surface area contributed by atoms with Gasteiger partial charge in [0.25, 0.3) is 0 Å². The molecule has 1 heterocycles. The van der Waals surface area contributed by atoms with E-state index in [4.69, 9.17) is 4.74 Å². The van der Waals surface area contributed by atoms with E-state index in [0.717, 1.165) is 0 Å². The van der Waals surface area contributed by atoms with Gasteiger partial charge in [-0.05, 0) is 62.8 Å². The fourth-order valence-electron chi connectivity index (χ4n) is 8.20. The molecule has 3 fully saturated rings. The molecule has 0 amide bonds. The molecule has 1 aromatic rings. The second-order valence-corrected chi connectivity index (χ2v) is 11.3. The van der Waals surface area contributed by atoms with Crippen molar-refractivity contribution in [2.45, 2.75) is 63.8 Å². The topological polar surface area (TPSA) is 114 Å². The second kappa shape index (κ2) is 8.15. The van der Waals surface area contributed by atoms with Crippen molar-refractivity contribution in [3.05, 3.63) is 53.9 Å². The number of alkyl halides is 1. The SMILES string of the molecule is C[C@@H]1C[C@H]2[C@@H]3CCC4=CC(=O)C=C[C@]4(C)[C@@]3(F)[C@@H](O)C[C@]2(C)[C@@]1(OC(=O)c1cccnc1)C(=O)CO. The number of fused-ring (bicyclic) bond motifs is 5. The first-order valence-corrected chi connectivity index (χ1v) is 12.5. The number of carbonyl (C=O) groups is 3. The van der Waals surface area contributed by atoms with Crippen LogP contribution in [0.4, 0.5) is 4.39 Å². The number of carbonyl (C=O) groups excluding carboxylic acids is 3. The highest BCUT2D eigenvalue weighted by Gasteiger charge is 2.77. The molecule has 0 radical (unpaired) electrons. The maximum absolute atomic E-state index is 17.4. The zero-order valence-electron chi connectivity index (χ0n) is 20.7. The molecule has 0 unspecified atom stereocenters. The predicted octanol–water partition coefficient (Wildman–Crippen LogP) is 3.16. The molecule has 1 aromatic heterocycles. The van der Waals surface area contributed by atoms with Crippen LogP contribution >= 0.6 is 0 Å². The lowest BCUT2D eigenvalue weighted by Crippen LogP contribution is -2.70. The Morgan fingerprint density at radius 2 is 2.03 bits per heavy atom. The average Bonchev–Trinajstić information content (AvgIpc) is 3.07. The quantitative estimate of drug-likeness (QED) is 0.615. The zero-order valence-corrected chi connectivity index (χ0v) is 20.7. The minimum absolute atomic E-state index is 0.133. The van der Waals surface area contributed by atoms with Crippen LogP contribution in [0.1, 0.15) is 56.8 Å². The molecule has 0 spiro atoms.